The zero-order valence-corrected chi connectivity index (χ0v) is 19.7. The summed E-state index contributed by atoms with van der Waals surface area (Å²) in [4.78, 5) is 27.8. The Morgan fingerprint density at radius 1 is 0.938 bits per heavy atom. The summed E-state index contributed by atoms with van der Waals surface area (Å²) in [5.41, 5.74) is 2.08. The molecule has 0 saturated carbocycles. The Bertz CT molecular complexity index is 1060. The highest BCUT2D eigenvalue weighted by Gasteiger charge is 2.26. The van der Waals surface area contributed by atoms with Crippen LogP contribution in [-0.4, -0.2) is 29.3 Å². The first-order valence-electron chi connectivity index (χ1n) is 11.1. The Morgan fingerprint density at radius 3 is 2.34 bits per heavy atom. The second-order valence-electron chi connectivity index (χ2n) is 8.60. The van der Waals surface area contributed by atoms with Gasteiger partial charge in [-0.1, -0.05) is 80.0 Å². The first-order valence-corrected chi connectivity index (χ1v) is 11.5. The van der Waals surface area contributed by atoms with Gasteiger partial charge in [0.05, 0.1) is 0 Å². The molecule has 0 radical (unpaired) electrons. The van der Waals surface area contributed by atoms with Gasteiger partial charge >= 0.3 is 0 Å². The Kier molecular flexibility index (Phi) is 8.29. The molecule has 0 spiro atoms. The molecule has 5 heteroatoms. The van der Waals surface area contributed by atoms with Crippen LogP contribution in [0.1, 0.15) is 38.3 Å². The predicted molar refractivity (Wildman–Crippen MR) is 132 cm³/mol. The van der Waals surface area contributed by atoms with Gasteiger partial charge in [-0.05, 0) is 53.3 Å². The lowest BCUT2D eigenvalue weighted by atomic mass is 10.0. The molecule has 32 heavy (non-hydrogen) atoms. The fraction of sp³-hybridized carbons (Fsp3) is 0.333. The molecular formula is C27H31ClN2O2. The third-order valence-corrected chi connectivity index (χ3v) is 5.86. The minimum atomic E-state index is -0.565. The van der Waals surface area contributed by atoms with Crippen LogP contribution in [0, 0.1) is 5.92 Å². The van der Waals surface area contributed by atoms with Crippen molar-refractivity contribution < 1.29 is 9.59 Å². The number of amides is 2. The lowest BCUT2D eigenvalue weighted by Crippen LogP contribution is -2.48. The number of nitrogens with zero attached hydrogens (tertiary/aromatic N) is 1. The molecule has 0 saturated heterocycles. The van der Waals surface area contributed by atoms with Gasteiger partial charge < -0.3 is 10.2 Å². The molecule has 2 amide bonds. The van der Waals surface area contributed by atoms with Crippen LogP contribution >= 0.6 is 11.6 Å². The summed E-state index contributed by atoms with van der Waals surface area (Å²) in [7, 11) is 0. The lowest BCUT2D eigenvalue weighted by molar-refractivity contribution is -0.140. The smallest absolute Gasteiger partial charge is 0.242 e. The summed E-state index contributed by atoms with van der Waals surface area (Å²) < 4.78 is 0. The standard InChI is InChI=1S/C27H31ClN2O2/c1-19(2)17-29-27(32)20(3)30(18-21-11-14-24(28)15-12-21)26(31)16-13-23-9-6-8-22-7-4-5-10-25(22)23/h4-12,14-15,19-20H,13,16-18H2,1-3H3,(H,29,32)/t20-/m0/s1. The lowest BCUT2D eigenvalue weighted by Gasteiger charge is -2.29. The highest BCUT2D eigenvalue weighted by molar-refractivity contribution is 6.30. The van der Waals surface area contributed by atoms with Gasteiger partial charge in [-0.15, -0.1) is 0 Å². The van der Waals surface area contributed by atoms with E-state index in [4.69, 9.17) is 11.6 Å². The minimum absolute atomic E-state index is 0.0416. The van der Waals surface area contributed by atoms with Crippen molar-refractivity contribution in [3.05, 3.63) is 82.9 Å². The third kappa shape index (κ3) is 6.33. The highest BCUT2D eigenvalue weighted by atomic mass is 35.5. The number of fused-ring (bicyclic) bond motifs is 1. The number of halogens is 1. The number of hydrogen-bond donors (Lipinski definition) is 1. The van der Waals surface area contributed by atoms with Gasteiger partial charge in [0.1, 0.15) is 6.04 Å². The van der Waals surface area contributed by atoms with Crippen molar-refractivity contribution in [2.75, 3.05) is 6.54 Å². The van der Waals surface area contributed by atoms with Crippen molar-refractivity contribution >= 4 is 34.2 Å². The fourth-order valence-electron chi connectivity index (χ4n) is 3.72. The number of aryl methyl sites for hydroxylation is 1. The Balaban J connectivity index is 1.76. The number of benzene rings is 3. The summed E-state index contributed by atoms with van der Waals surface area (Å²) in [6.45, 7) is 6.84. The van der Waals surface area contributed by atoms with E-state index in [1.165, 1.54) is 0 Å². The molecule has 0 aliphatic rings. The number of carbonyl (C=O) groups is 2. The van der Waals surface area contributed by atoms with E-state index in [-0.39, 0.29) is 11.8 Å². The summed E-state index contributed by atoms with van der Waals surface area (Å²) in [6, 6.07) is 21.2. The topological polar surface area (TPSA) is 49.4 Å². The molecule has 3 rings (SSSR count). The van der Waals surface area contributed by atoms with Crippen LogP contribution in [0.4, 0.5) is 0 Å². The van der Waals surface area contributed by atoms with E-state index in [9.17, 15) is 9.59 Å². The van der Waals surface area contributed by atoms with Crippen molar-refractivity contribution in [3.63, 3.8) is 0 Å². The van der Waals surface area contributed by atoms with E-state index in [1.807, 2.05) is 44.2 Å². The molecule has 168 valence electrons. The Morgan fingerprint density at radius 2 is 1.62 bits per heavy atom. The molecule has 0 aromatic heterocycles. The zero-order chi connectivity index (χ0) is 23.1. The summed E-state index contributed by atoms with van der Waals surface area (Å²) in [5, 5.41) is 5.93. The van der Waals surface area contributed by atoms with Gasteiger partial charge in [-0.2, -0.15) is 0 Å². The fourth-order valence-corrected chi connectivity index (χ4v) is 3.84. The van der Waals surface area contributed by atoms with Crippen LogP contribution in [0.5, 0.6) is 0 Å². The van der Waals surface area contributed by atoms with Gasteiger partial charge in [0.25, 0.3) is 0 Å². The molecule has 0 bridgehead atoms. The van der Waals surface area contributed by atoms with E-state index in [0.717, 1.165) is 21.9 Å². The minimum Gasteiger partial charge on any atom is -0.354 e. The van der Waals surface area contributed by atoms with Crippen LogP contribution in [0.3, 0.4) is 0 Å². The average molecular weight is 451 g/mol. The van der Waals surface area contributed by atoms with Gasteiger partial charge in [-0.25, -0.2) is 0 Å². The van der Waals surface area contributed by atoms with Crippen LogP contribution < -0.4 is 5.32 Å². The number of carbonyl (C=O) groups excluding carboxylic acids is 2. The monoisotopic (exact) mass is 450 g/mol. The van der Waals surface area contributed by atoms with Crippen molar-refractivity contribution in [1.82, 2.24) is 10.2 Å². The molecule has 4 nitrogen and oxygen atoms in total. The molecular weight excluding hydrogens is 420 g/mol. The predicted octanol–water partition coefficient (Wildman–Crippen LogP) is 5.62. The SMILES string of the molecule is CC(C)CNC(=O)[C@H](C)N(Cc1ccc(Cl)cc1)C(=O)CCc1cccc2ccccc12. The van der Waals surface area contributed by atoms with Gasteiger partial charge in [0.2, 0.25) is 11.8 Å². The van der Waals surface area contributed by atoms with E-state index in [2.05, 4.69) is 29.6 Å². The second-order valence-corrected chi connectivity index (χ2v) is 9.04. The molecule has 0 heterocycles. The molecule has 0 unspecified atom stereocenters. The number of hydrogen-bond acceptors (Lipinski definition) is 2. The molecule has 1 atom stereocenters. The average Bonchev–Trinajstić information content (AvgIpc) is 2.80. The molecule has 0 aliphatic heterocycles. The quantitative estimate of drug-likeness (QED) is 0.460. The molecule has 3 aromatic rings. The van der Waals surface area contributed by atoms with Crippen LogP contribution in [-0.2, 0) is 22.6 Å². The van der Waals surface area contributed by atoms with Crippen molar-refractivity contribution in [3.8, 4) is 0 Å². The van der Waals surface area contributed by atoms with E-state index < -0.39 is 6.04 Å². The normalized spacial score (nSPS) is 12.0. The van der Waals surface area contributed by atoms with Crippen LogP contribution in [0.2, 0.25) is 5.02 Å². The molecule has 1 N–H and O–H groups in total. The van der Waals surface area contributed by atoms with E-state index in [0.29, 0.717) is 36.9 Å². The maximum Gasteiger partial charge on any atom is 0.242 e. The number of nitrogens with one attached hydrogen (secondary N) is 1. The van der Waals surface area contributed by atoms with Crippen molar-refractivity contribution in [2.24, 2.45) is 5.92 Å². The Hall–Kier alpha value is -2.85. The van der Waals surface area contributed by atoms with Crippen LogP contribution in [0.15, 0.2) is 66.7 Å². The van der Waals surface area contributed by atoms with Crippen LogP contribution in [0.25, 0.3) is 10.8 Å². The van der Waals surface area contributed by atoms with E-state index in [1.54, 1.807) is 24.0 Å². The van der Waals surface area contributed by atoms with Crippen molar-refractivity contribution in [1.29, 1.82) is 0 Å². The zero-order valence-electron chi connectivity index (χ0n) is 19.0. The summed E-state index contributed by atoms with van der Waals surface area (Å²) >= 11 is 6.02. The highest BCUT2D eigenvalue weighted by Crippen LogP contribution is 2.21. The maximum absolute atomic E-state index is 13.3. The van der Waals surface area contributed by atoms with Gasteiger partial charge in [-0.3, -0.25) is 9.59 Å². The summed E-state index contributed by atoms with van der Waals surface area (Å²) in [5.74, 6) is 0.171. The first kappa shape index (κ1) is 23.8. The van der Waals surface area contributed by atoms with E-state index >= 15 is 0 Å². The first-order chi connectivity index (χ1) is 15.3. The maximum atomic E-state index is 13.3. The Labute approximate surface area is 195 Å². The molecule has 0 aliphatic carbocycles. The van der Waals surface area contributed by atoms with Crippen molar-refractivity contribution in [2.45, 2.75) is 46.2 Å². The molecule has 0 fully saturated rings. The third-order valence-electron chi connectivity index (χ3n) is 5.61. The molecule has 3 aromatic carbocycles. The largest absolute Gasteiger partial charge is 0.354 e. The van der Waals surface area contributed by atoms with Gasteiger partial charge in [0.15, 0.2) is 0 Å². The second kappa shape index (κ2) is 11.1. The number of rotatable bonds is 9. The summed E-state index contributed by atoms with van der Waals surface area (Å²) in [6.07, 6.45) is 0.959. The van der Waals surface area contributed by atoms with Gasteiger partial charge in [0, 0.05) is 24.5 Å².